The lowest BCUT2D eigenvalue weighted by atomic mass is 9.92. The fraction of sp³-hybridized carbons (Fsp3) is 0.333. The molecule has 1 saturated heterocycles. The lowest BCUT2D eigenvalue weighted by molar-refractivity contribution is 0.0948. The standard InChI is InChI=1S/C18H18ClFN2O2/c19-13-1-2-15(20)14(9-13)18(24)12-8-16(22-10-12)17(23)7-11-3-5-21-6-4-11/h1-2,8-11,21-22H,3-7H2. The van der Waals surface area contributed by atoms with Gasteiger partial charge in [-0.25, -0.2) is 4.39 Å². The van der Waals surface area contributed by atoms with Crippen LogP contribution in [0.1, 0.15) is 45.7 Å². The van der Waals surface area contributed by atoms with Gasteiger partial charge < -0.3 is 10.3 Å². The van der Waals surface area contributed by atoms with Gasteiger partial charge in [0.2, 0.25) is 0 Å². The van der Waals surface area contributed by atoms with Gasteiger partial charge in [-0.1, -0.05) is 11.6 Å². The number of aromatic amines is 1. The number of halogens is 2. The molecule has 1 aromatic carbocycles. The van der Waals surface area contributed by atoms with Gasteiger partial charge in [0.1, 0.15) is 5.82 Å². The van der Waals surface area contributed by atoms with Gasteiger partial charge in [0.25, 0.3) is 0 Å². The van der Waals surface area contributed by atoms with Gasteiger partial charge in [0, 0.05) is 23.2 Å². The Balaban J connectivity index is 1.73. The number of ketones is 2. The first-order valence-electron chi connectivity index (χ1n) is 7.96. The van der Waals surface area contributed by atoms with Crippen molar-refractivity contribution >= 4 is 23.2 Å². The molecule has 24 heavy (non-hydrogen) atoms. The monoisotopic (exact) mass is 348 g/mol. The van der Waals surface area contributed by atoms with Gasteiger partial charge in [0.15, 0.2) is 11.6 Å². The number of nitrogens with one attached hydrogen (secondary N) is 2. The molecule has 0 aliphatic carbocycles. The molecule has 1 aromatic heterocycles. The number of aromatic nitrogens is 1. The van der Waals surface area contributed by atoms with E-state index in [2.05, 4.69) is 10.3 Å². The maximum atomic E-state index is 13.8. The van der Waals surface area contributed by atoms with Crippen LogP contribution in [0.2, 0.25) is 5.02 Å². The van der Waals surface area contributed by atoms with Crippen molar-refractivity contribution in [2.75, 3.05) is 13.1 Å². The summed E-state index contributed by atoms with van der Waals surface area (Å²) < 4.78 is 13.8. The normalized spacial score (nSPS) is 15.4. The molecular formula is C18H18ClFN2O2. The van der Waals surface area contributed by atoms with Crippen LogP contribution in [-0.4, -0.2) is 29.6 Å². The highest BCUT2D eigenvalue weighted by molar-refractivity contribution is 6.31. The zero-order valence-electron chi connectivity index (χ0n) is 13.1. The molecule has 0 atom stereocenters. The Kier molecular flexibility index (Phi) is 5.11. The molecule has 3 rings (SSSR count). The summed E-state index contributed by atoms with van der Waals surface area (Å²) in [6, 6.07) is 5.33. The van der Waals surface area contributed by atoms with Crippen molar-refractivity contribution in [2.24, 2.45) is 5.92 Å². The average molecular weight is 349 g/mol. The van der Waals surface area contributed by atoms with E-state index in [-0.39, 0.29) is 21.9 Å². The van der Waals surface area contributed by atoms with Crippen molar-refractivity contribution in [3.63, 3.8) is 0 Å². The summed E-state index contributed by atoms with van der Waals surface area (Å²) in [7, 11) is 0. The predicted octanol–water partition coefficient (Wildman–Crippen LogP) is 3.61. The smallest absolute Gasteiger partial charge is 0.197 e. The van der Waals surface area contributed by atoms with E-state index in [1.165, 1.54) is 24.4 Å². The molecular weight excluding hydrogens is 331 g/mol. The van der Waals surface area contributed by atoms with Crippen LogP contribution >= 0.6 is 11.6 Å². The molecule has 1 aliphatic rings. The van der Waals surface area contributed by atoms with Crippen LogP contribution in [0.25, 0.3) is 0 Å². The molecule has 2 N–H and O–H groups in total. The zero-order chi connectivity index (χ0) is 17.1. The summed E-state index contributed by atoms with van der Waals surface area (Å²) in [6.07, 6.45) is 3.86. The number of hydrogen-bond donors (Lipinski definition) is 2. The number of carbonyl (C=O) groups excluding carboxylic acids is 2. The van der Waals surface area contributed by atoms with Crippen molar-refractivity contribution in [1.29, 1.82) is 0 Å². The third-order valence-electron chi connectivity index (χ3n) is 4.35. The van der Waals surface area contributed by atoms with Gasteiger partial charge in [-0.05, 0) is 56.1 Å². The maximum Gasteiger partial charge on any atom is 0.197 e. The van der Waals surface area contributed by atoms with Crippen LogP contribution in [0, 0.1) is 11.7 Å². The molecule has 1 fully saturated rings. The van der Waals surface area contributed by atoms with Crippen molar-refractivity contribution in [1.82, 2.24) is 10.3 Å². The first-order chi connectivity index (χ1) is 11.5. The van der Waals surface area contributed by atoms with Crippen LogP contribution in [0.3, 0.4) is 0 Å². The van der Waals surface area contributed by atoms with E-state index in [9.17, 15) is 14.0 Å². The van der Waals surface area contributed by atoms with Gasteiger partial charge >= 0.3 is 0 Å². The Morgan fingerprint density at radius 2 is 1.96 bits per heavy atom. The minimum absolute atomic E-state index is 0.0208. The molecule has 0 saturated carbocycles. The van der Waals surface area contributed by atoms with E-state index in [4.69, 9.17) is 11.6 Å². The van der Waals surface area contributed by atoms with Gasteiger partial charge in [0.05, 0.1) is 11.3 Å². The highest BCUT2D eigenvalue weighted by Crippen LogP contribution is 2.21. The molecule has 0 bridgehead atoms. The molecule has 0 unspecified atom stereocenters. The lowest BCUT2D eigenvalue weighted by Crippen LogP contribution is -2.28. The number of Topliss-reactive ketones (excluding diaryl/α,β-unsaturated/α-hetero) is 1. The second kappa shape index (κ2) is 7.28. The zero-order valence-corrected chi connectivity index (χ0v) is 13.8. The van der Waals surface area contributed by atoms with E-state index in [1.807, 2.05) is 0 Å². The number of carbonyl (C=O) groups is 2. The minimum Gasteiger partial charge on any atom is -0.358 e. The van der Waals surface area contributed by atoms with Crippen LogP contribution in [0.4, 0.5) is 4.39 Å². The van der Waals surface area contributed by atoms with Gasteiger partial charge in [-0.15, -0.1) is 0 Å². The molecule has 2 heterocycles. The van der Waals surface area contributed by atoms with Gasteiger partial charge in [-0.3, -0.25) is 9.59 Å². The summed E-state index contributed by atoms with van der Waals surface area (Å²) >= 11 is 5.83. The molecule has 0 amide bonds. The van der Waals surface area contributed by atoms with Crippen LogP contribution in [-0.2, 0) is 0 Å². The number of H-pyrrole nitrogens is 1. The highest BCUT2D eigenvalue weighted by Gasteiger charge is 2.21. The van der Waals surface area contributed by atoms with E-state index < -0.39 is 11.6 Å². The lowest BCUT2D eigenvalue weighted by Gasteiger charge is -2.21. The fourth-order valence-corrected chi connectivity index (χ4v) is 3.14. The minimum atomic E-state index is -0.631. The summed E-state index contributed by atoms with van der Waals surface area (Å²) in [4.78, 5) is 27.6. The number of rotatable bonds is 5. The summed E-state index contributed by atoms with van der Waals surface area (Å²) in [6.45, 7) is 1.86. The third kappa shape index (κ3) is 3.74. The van der Waals surface area contributed by atoms with Crippen molar-refractivity contribution in [3.8, 4) is 0 Å². The highest BCUT2D eigenvalue weighted by atomic mass is 35.5. The molecule has 0 radical (unpaired) electrons. The fourth-order valence-electron chi connectivity index (χ4n) is 2.97. The quantitative estimate of drug-likeness (QED) is 0.811. The third-order valence-corrected chi connectivity index (χ3v) is 4.59. The van der Waals surface area contributed by atoms with Crippen LogP contribution in [0.5, 0.6) is 0 Å². The van der Waals surface area contributed by atoms with Gasteiger partial charge in [-0.2, -0.15) is 0 Å². The maximum absolute atomic E-state index is 13.8. The molecule has 4 nitrogen and oxygen atoms in total. The SMILES string of the molecule is O=C(CC1CCNCC1)c1cc(C(=O)c2cc(Cl)ccc2F)c[nH]1. The first kappa shape index (κ1) is 16.9. The van der Waals surface area contributed by atoms with E-state index in [0.717, 1.165) is 32.0 Å². The largest absolute Gasteiger partial charge is 0.358 e. The first-order valence-corrected chi connectivity index (χ1v) is 8.34. The summed E-state index contributed by atoms with van der Waals surface area (Å²) in [5.41, 5.74) is 0.544. The van der Waals surface area contributed by atoms with Crippen LogP contribution in [0.15, 0.2) is 30.5 Å². The van der Waals surface area contributed by atoms with Crippen LogP contribution < -0.4 is 5.32 Å². The average Bonchev–Trinajstić information content (AvgIpc) is 3.07. The number of piperidine rings is 1. The predicted molar refractivity (Wildman–Crippen MR) is 90.2 cm³/mol. The second-order valence-corrected chi connectivity index (χ2v) is 6.51. The molecule has 1 aliphatic heterocycles. The van der Waals surface area contributed by atoms with E-state index in [1.54, 1.807) is 0 Å². The van der Waals surface area contributed by atoms with Crippen molar-refractivity contribution < 1.29 is 14.0 Å². The van der Waals surface area contributed by atoms with E-state index >= 15 is 0 Å². The molecule has 6 heteroatoms. The summed E-state index contributed by atoms with van der Waals surface area (Å²) in [5.74, 6) is -0.778. The Labute approximate surface area is 144 Å². The molecule has 126 valence electrons. The van der Waals surface area contributed by atoms with E-state index in [0.29, 0.717) is 18.0 Å². The summed E-state index contributed by atoms with van der Waals surface area (Å²) in [5, 5.41) is 3.55. The topological polar surface area (TPSA) is 62.0 Å². The number of hydrogen-bond acceptors (Lipinski definition) is 3. The molecule has 2 aromatic rings. The number of benzene rings is 1. The Morgan fingerprint density at radius 1 is 1.21 bits per heavy atom. The Bertz CT molecular complexity index is 766. The Hall–Kier alpha value is -1.98. The van der Waals surface area contributed by atoms with Crippen molar-refractivity contribution in [2.45, 2.75) is 19.3 Å². The Morgan fingerprint density at radius 3 is 2.71 bits per heavy atom. The second-order valence-electron chi connectivity index (χ2n) is 6.08. The van der Waals surface area contributed by atoms with Crippen molar-refractivity contribution in [3.05, 3.63) is 58.1 Å². The molecule has 0 spiro atoms.